The number of benzene rings is 2. The highest BCUT2D eigenvalue weighted by Crippen LogP contribution is 2.29. The van der Waals surface area contributed by atoms with E-state index in [-0.39, 0.29) is 0 Å². The molecule has 0 bridgehead atoms. The normalized spacial score (nSPS) is 11.3. The van der Waals surface area contributed by atoms with E-state index >= 15 is 0 Å². The fourth-order valence-electron chi connectivity index (χ4n) is 2.33. The molecule has 0 radical (unpaired) electrons. The van der Waals surface area contributed by atoms with Crippen LogP contribution in [0.5, 0.6) is 0 Å². The Bertz CT molecular complexity index is 891. The summed E-state index contributed by atoms with van der Waals surface area (Å²) in [7, 11) is 0. The Balaban J connectivity index is 2.16. The lowest BCUT2D eigenvalue weighted by atomic mass is 10.1. The van der Waals surface area contributed by atoms with Crippen molar-refractivity contribution in [1.82, 2.24) is 9.78 Å². The average Bonchev–Trinajstić information content (AvgIpc) is 2.99. The summed E-state index contributed by atoms with van der Waals surface area (Å²) in [6.45, 7) is -0.523. The lowest BCUT2D eigenvalue weighted by molar-refractivity contribution is 0.321. The van der Waals surface area contributed by atoms with E-state index in [2.05, 4.69) is 10.3 Å². The summed E-state index contributed by atoms with van der Waals surface area (Å²) < 4.78 is 14.3. The third-order valence-electron chi connectivity index (χ3n) is 3.46. The monoisotopic (exact) mass is 363 g/mol. The molecular formula is C17H12Cl2FN3O. The molecule has 0 aliphatic carbocycles. The van der Waals surface area contributed by atoms with E-state index in [1.54, 1.807) is 53.2 Å². The Morgan fingerprint density at radius 1 is 1.12 bits per heavy atom. The van der Waals surface area contributed by atoms with Gasteiger partial charge in [0.1, 0.15) is 12.4 Å². The van der Waals surface area contributed by atoms with Crippen LogP contribution in [0.25, 0.3) is 16.9 Å². The second-order valence-electron chi connectivity index (χ2n) is 5.04. The van der Waals surface area contributed by atoms with Crippen LogP contribution in [0.1, 0.15) is 11.3 Å². The van der Waals surface area contributed by atoms with E-state index in [0.717, 1.165) is 11.3 Å². The van der Waals surface area contributed by atoms with Crippen molar-refractivity contribution in [3.63, 3.8) is 0 Å². The molecule has 122 valence electrons. The molecule has 4 nitrogen and oxygen atoms in total. The smallest absolute Gasteiger partial charge is 0.115 e. The van der Waals surface area contributed by atoms with E-state index in [1.165, 1.54) is 6.21 Å². The van der Waals surface area contributed by atoms with Gasteiger partial charge in [0.25, 0.3) is 0 Å². The van der Waals surface area contributed by atoms with Crippen LogP contribution in [0.2, 0.25) is 10.0 Å². The van der Waals surface area contributed by atoms with Crippen LogP contribution in [-0.4, -0.2) is 21.2 Å². The molecular weight excluding hydrogens is 352 g/mol. The molecule has 0 fully saturated rings. The fraction of sp³-hybridized carbons (Fsp3) is 0.0588. The standard InChI is InChI=1S/C17H12Cl2FN3O/c18-13-5-6-16(15(19)7-13)23-17(8-14(22-23)10-21-24)12-3-1-11(9-20)2-4-12/h1-8,10,24H,9H2/b21-10+. The predicted molar refractivity (Wildman–Crippen MR) is 93.2 cm³/mol. The molecule has 1 heterocycles. The molecule has 0 amide bonds. The van der Waals surface area contributed by atoms with Crippen LogP contribution in [0.3, 0.4) is 0 Å². The van der Waals surface area contributed by atoms with Crippen LogP contribution < -0.4 is 0 Å². The number of halogens is 3. The first kappa shape index (κ1) is 16.5. The minimum absolute atomic E-state index is 0.430. The van der Waals surface area contributed by atoms with Gasteiger partial charge in [-0.15, -0.1) is 0 Å². The first-order valence-electron chi connectivity index (χ1n) is 7.00. The molecule has 0 saturated carbocycles. The molecule has 0 aliphatic rings. The minimum Gasteiger partial charge on any atom is -0.411 e. The van der Waals surface area contributed by atoms with E-state index < -0.39 is 6.67 Å². The zero-order valence-corrected chi connectivity index (χ0v) is 13.8. The summed E-state index contributed by atoms with van der Waals surface area (Å²) in [6.07, 6.45) is 1.22. The van der Waals surface area contributed by atoms with Crippen molar-refractivity contribution >= 4 is 29.4 Å². The maximum absolute atomic E-state index is 12.7. The largest absolute Gasteiger partial charge is 0.411 e. The number of alkyl halides is 1. The van der Waals surface area contributed by atoms with Crippen LogP contribution in [0, 0.1) is 0 Å². The fourth-order valence-corrected chi connectivity index (χ4v) is 2.82. The number of oxime groups is 1. The van der Waals surface area contributed by atoms with Gasteiger partial charge in [-0.2, -0.15) is 5.10 Å². The molecule has 3 rings (SSSR count). The quantitative estimate of drug-likeness (QED) is 0.397. The molecule has 1 aromatic heterocycles. The molecule has 0 saturated heterocycles. The molecule has 2 aromatic carbocycles. The minimum atomic E-state index is -0.523. The van der Waals surface area contributed by atoms with Gasteiger partial charge in [0.15, 0.2) is 0 Å². The zero-order chi connectivity index (χ0) is 17.1. The summed E-state index contributed by atoms with van der Waals surface area (Å²) in [6, 6.07) is 13.8. The summed E-state index contributed by atoms with van der Waals surface area (Å²) in [5.74, 6) is 0. The molecule has 24 heavy (non-hydrogen) atoms. The number of hydrogen-bond donors (Lipinski definition) is 1. The van der Waals surface area contributed by atoms with Gasteiger partial charge in [-0.05, 0) is 29.8 Å². The first-order valence-corrected chi connectivity index (χ1v) is 7.76. The summed E-state index contributed by atoms with van der Waals surface area (Å²) in [4.78, 5) is 0. The number of aromatic nitrogens is 2. The average molecular weight is 364 g/mol. The van der Waals surface area contributed by atoms with E-state index in [1.807, 2.05) is 0 Å². The molecule has 1 N–H and O–H groups in total. The van der Waals surface area contributed by atoms with E-state index in [4.69, 9.17) is 28.4 Å². The van der Waals surface area contributed by atoms with Crippen molar-refractivity contribution in [3.8, 4) is 16.9 Å². The summed E-state index contributed by atoms with van der Waals surface area (Å²) >= 11 is 12.2. The summed E-state index contributed by atoms with van der Waals surface area (Å²) in [5, 5.41) is 17.1. The Hall–Kier alpha value is -2.37. The molecule has 3 aromatic rings. The van der Waals surface area contributed by atoms with Gasteiger partial charge in [-0.3, -0.25) is 0 Å². The van der Waals surface area contributed by atoms with E-state index in [0.29, 0.717) is 27.0 Å². The first-order chi connectivity index (χ1) is 11.6. The maximum Gasteiger partial charge on any atom is 0.115 e. The van der Waals surface area contributed by atoms with Crippen molar-refractivity contribution in [2.45, 2.75) is 6.67 Å². The predicted octanol–water partition coefficient (Wildman–Crippen LogP) is 5.12. The van der Waals surface area contributed by atoms with Crippen molar-refractivity contribution in [1.29, 1.82) is 0 Å². The Kier molecular flexibility index (Phi) is 4.83. The Morgan fingerprint density at radius 2 is 1.88 bits per heavy atom. The molecule has 0 unspecified atom stereocenters. The Morgan fingerprint density at radius 3 is 2.50 bits per heavy atom. The van der Waals surface area contributed by atoms with Gasteiger partial charge >= 0.3 is 0 Å². The van der Waals surface area contributed by atoms with Gasteiger partial charge in [0.05, 0.1) is 22.6 Å². The third kappa shape index (κ3) is 3.27. The van der Waals surface area contributed by atoms with E-state index in [9.17, 15) is 4.39 Å². The number of hydrogen-bond acceptors (Lipinski definition) is 3. The van der Waals surface area contributed by atoms with Crippen LogP contribution in [-0.2, 0) is 6.67 Å². The second kappa shape index (κ2) is 7.03. The molecule has 7 heteroatoms. The van der Waals surface area contributed by atoms with Crippen molar-refractivity contribution in [2.75, 3.05) is 0 Å². The van der Waals surface area contributed by atoms with Crippen LogP contribution in [0.15, 0.2) is 53.7 Å². The third-order valence-corrected chi connectivity index (χ3v) is 4.00. The van der Waals surface area contributed by atoms with Gasteiger partial charge in [0, 0.05) is 10.6 Å². The molecule has 0 spiro atoms. The lowest BCUT2D eigenvalue weighted by Crippen LogP contribution is -2.00. The molecule has 0 aliphatic heterocycles. The van der Waals surface area contributed by atoms with Crippen molar-refractivity contribution in [3.05, 3.63) is 69.8 Å². The second-order valence-corrected chi connectivity index (χ2v) is 5.88. The summed E-state index contributed by atoms with van der Waals surface area (Å²) in [5.41, 5.74) is 3.21. The van der Waals surface area contributed by atoms with Gasteiger partial charge in [-0.1, -0.05) is 52.6 Å². The maximum atomic E-state index is 12.7. The van der Waals surface area contributed by atoms with Gasteiger partial charge in [-0.25, -0.2) is 9.07 Å². The highest BCUT2D eigenvalue weighted by Gasteiger charge is 2.14. The van der Waals surface area contributed by atoms with Gasteiger partial charge in [0.2, 0.25) is 0 Å². The zero-order valence-electron chi connectivity index (χ0n) is 12.3. The highest BCUT2D eigenvalue weighted by molar-refractivity contribution is 6.35. The Labute approximate surface area is 147 Å². The topological polar surface area (TPSA) is 50.4 Å². The SMILES string of the molecule is O/N=C/c1cc(-c2ccc(CF)cc2)n(-c2ccc(Cl)cc2Cl)n1. The van der Waals surface area contributed by atoms with Crippen LogP contribution >= 0.6 is 23.2 Å². The van der Waals surface area contributed by atoms with Crippen molar-refractivity contribution in [2.24, 2.45) is 5.16 Å². The highest BCUT2D eigenvalue weighted by atomic mass is 35.5. The molecule has 0 atom stereocenters. The van der Waals surface area contributed by atoms with Crippen molar-refractivity contribution < 1.29 is 9.60 Å². The number of nitrogens with zero attached hydrogens (tertiary/aromatic N) is 3. The van der Waals surface area contributed by atoms with Gasteiger partial charge < -0.3 is 5.21 Å². The lowest BCUT2D eigenvalue weighted by Gasteiger charge is -2.10. The number of rotatable bonds is 4. The van der Waals surface area contributed by atoms with Crippen LogP contribution in [0.4, 0.5) is 4.39 Å².